The fraction of sp³-hybridized carbons (Fsp3) is 0.450. The summed E-state index contributed by atoms with van der Waals surface area (Å²) in [5.41, 5.74) is -0.120. The lowest BCUT2D eigenvalue weighted by Crippen LogP contribution is -2.21. The van der Waals surface area contributed by atoms with Crippen molar-refractivity contribution in [2.75, 3.05) is 13.7 Å². The second-order valence-electron chi connectivity index (χ2n) is 4.46. The first-order chi connectivity index (χ1) is 14.2. The van der Waals surface area contributed by atoms with Gasteiger partial charge in [0.1, 0.15) is 12.4 Å². The van der Waals surface area contributed by atoms with Gasteiger partial charge in [0.05, 0.1) is 10.7 Å². The molecule has 10 heteroatoms. The van der Waals surface area contributed by atoms with Gasteiger partial charge < -0.3 is 24.1 Å². The lowest BCUT2D eigenvalue weighted by Gasteiger charge is -2.09. The molecule has 0 radical (unpaired) electrons. The average Bonchev–Trinajstić information content (AvgIpc) is 2.75. The molecule has 1 aromatic carbocycles. The lowest BCUT2D eigenvalue weighted by atomic mass is 10.3. The Balaban J connectivity index is -0.000000510. The van der Waals surface area contributed by atoms with Crippen molar-refractivity contribution in [1.29, 1.82) is 0 Å². The van der Waals surface area contributed by atoms with E-state index < -0.39 is 17.4 Å². The Morgan fingerprint density at radius 2 is 1.77 bits per heavy atom. The number of benzene rings is 1. The zero-order chi connectivity index (χ0) is 24.1. The molecule has 0 heterocycles. The summed E-state index contributed by atoms with van der Waals surface area (Å²) in [4.78, 5) is 20.9. The van der Waals surface area contributed by atoms with Crippen LogP contribution in [0.4, 0.5) is 10.5 Å². The Kier molecular flexibility index (Phi) is 22.5. The van der Waals surface area contributed by atoms with E-state index in [0.29, 0.717) is 0 Å². The molecule has 0 fully saturated rings. The third-order valence-corrected chi connectivity index (χ3v) is 2.62. The van der Waals surface area contributed by atoms with E-state index in [4.69, 9.17) is 26.2 Å². The highest BCUT2D eigenvalue weighted by molar-refractivity contribution is 6.28. The average molecular weight is 450 g/mol. The SMILES string of the molecule is C=C(Cl)O/C(C)=C/C.CC.CC.COC(O)COC(=O)Oc1ccc([N+](=O)[O-])cc1. The predicted octanol–water partition coefficient (Wildman–Crippen LogP) is 5.76. The number of hydrogen-bond acceptors (Lipinski definition) is 8. The summed E-state index contributed by atoms with van der Waals surface area (Å²) in [5.74, 6) is 0.863. The number of aliphatic hydroxyl groups excluding tert-OH is 1. The van der Waals surface area contributed by atoms with Gasteiger partial charge in [-0.1, -0.05) is 27.7 Å². The van der Waals surface area contributed by atoms with Gasteiger partial charge in [0.2, 0.25) is 0 Å². The summed E-state index contributed by atoms with van der Waals surface area (Å²) in [6, 6.07) is 4.89. The van der Waals surface area contributed by atoms with E-state index in [0.717, 1.165) is 5.76 Å². The minimum absolute atomic E-state index is 0.0949. The lowest BCUT2D eigenvalue weighted by molar-refractivity contribution is -0.384. The Bertz CT molecular complexity index is 632. The number of nitro benzene ring substituents is 1. The number of carbonyl (C=O) groups is 1. The van der Waals surface area contributed by atoms with Gasteiger partial charge in [-0.3, -0.25) is 10.1 Å². The van der Waals surface area contributed by atoms with Crippen molar-refractivity contribution in [3.05, 3.63) is 58.0 Å². The number of carbonyl (C=O) groups excluding carboxylic acids is 1. The summed E-state index contributed by atoms with van der Waals surface area (Å²) in [5, 5.41) is 19.5. The maximum Gasteiger partial charge on any atom is 0.514 e. The van der Waals surface area contributed by atoms with Crippen LogP contribution in [0.5, 0.6) is 5.75 Å². The molecule has 9 nitrogen and oxygen atoms in total. The molecule has 0 spiro atoms. The first kappa shape index (κ1) is 32.1. The molecule has 0 aliphatic rings. The van der Waals surface area contributed by atoms with Crippen molar-refractivity contribution in [1.82, 2.24) is 0 Å². The number of rotatable bonds is 7. The predicted molar refractivity (Wildman–Crippen MR) is 116 cm³/mol. The van der Waals surface area contributed by atoms with Gasteiger partial charge in [0.25, 0.3) is 5.69 Å². The van der Waals surface area contributed by atoms with Crippen LogP contribution in [0.2, 0.25) is 0 Å². The third-order valence-electron chi connectivity index (χ3n) is 2.54. The van der Waals surface area contributed by atoms with Gasteiger partial charge in [-0.15, -0.1) is 0 Å². The summed E-state index contributed by atoms with van der Waals surface area (Å²) >= 11 is 5.29. The van der Waals surface area contributed by atoms with Crippen molar-refractivity contribution in [2.24, 2.45) is 0 Å². The van der Waals surface area contributed by atoms with E-state index in [1.807, 2.05) is 47.6 Å². The number of methoxy groups -OCH3 is 1. The first-order valence-corrected chi connectivity index (χ1v) is 9.52. The van der Waals surface area contributed by atoms with Crippen LogP contribution in [0.25, 0.3) is 0 Å². The van der Waals surface area contributed by atoms with E-state index >= 15 is 0 Å². The van der Waals surface area contributed by atoms with Crippen molar-refractivity contribution < 1.29 is 33.8 Å². The number of allylic oxidation sites excluding steroid dienone is 2. The number of hydrogen-bond donors (Lipinski definition) is 1. The Hall–Kier alpha value is -2.62. The van der Waals surface area contributed by atoms with Crippen LogP contribution in [-0.2, 0) is 14.2 Å². The summed E-state index contributed by atoms with van der Waals surface area (Å²) in [6.45, 7) is 14.7. The molecule has 0 saturated carbocycles. The van der Waals surface area contributed by atoms with Crippen LogP contribution < -0.4 is 4.74 Å². The zero-order valence-corrected chi connectivity index (χ0v) is 19.3. The van der Waals surface area contributed by atoms with Crippen LogP contribution in [0, 0.1) is 10.1 Å². The molecular formula is C20H32ClNO8. The normalized spacial score (nSPS) is 10.4. The number of non-ortho nitro benzene ring substituents is 1. The molecule has 1 aromatic rings. The molecule has 0 aliphatic carbocycles. The number of nitrogens with zero attached hydrogens (tertiary/aromatic N) is 1. The van der Waals surface area contributed by atoms with Crippen LogP contribution in [0.1, 0.15) is 41.5 Å². The second-order valence-corrected chi connectivity index (χ2v) is 4.88. The Morgan fingerprint density at radius 1 is 1.27 bits per heavy atom. The van der Waals surface area contributed by atoms with Gasteiger partial charge in [0.15, 0.2) is 11.5 Å². The maximum atomic E-state index is 11.1. The summed E-state index contributed by atoms with van der Waals surface area (Å²) < 4.78 is 18.5. The van der Waals surface area contributed by atoms with Crippen LogP contribution in [-0.4, -0.2) is 36.2 Å². The quantitative estimate of drug-likeness (QED) is 0.139. The van der Waals surface area contributed by atoms with E-state index in [2.05, 4.69) is 16.1 Å². The van der Waals surface area contributed by atoms with Crippen molar-refractivity contribution in [3.8, 4) is 5.75 Å². The van der Waals surface area contributed by atoms with Gasteiger partial charge in [0, 0.05) is 19.2 Å². The minimum Gasteiger partial charge on any atom is -0.451 e. The number of halogens is 1. The highest BCUT2D eigenvalue weighted by Gasteiger charge is 2.11. The van der Waals surface area contributed by atoms with Crippen LogP contribution >= 0.6 is 11.6 Å². The third kappa shape index (κ3) is 18.7. The largest absolute Gasteiger partial charge is 0.514 e. The number of nitro groups is 1. The van der Waals surface area contributed by atoms with Gasteiger partial charge >= 0.3 is 6.16 Å². The van der Waals surface area contributed by atoms with Crippen molar-refractivity contribution in [2.45, 2.75) is 47.8 Å². The molecule has 0 aliphatic heterocycles. The topological polar surface area (TPSA) is 117 Å². The first-order valence-electron chi connectivity index (χ1n) is 9.14. The van der Waals surface area contributed by atoms with Gasteiger partial charge in [-0.25, -0.2) is 4.79 Å². The maximum absolute atomic E-state index is 11.1. The van der Waals surface area contributed by atoms with Gasteiger partial charge in [-0.2, -0.15) is 0 Å². The monoisotopic (exact) mass is 449 g/mol. The molecule has 1 N–H and O–H groups in total. The Morgan fingerprint density at radius 3 is 2.10 bits per heavy atom. The number of ether oxygens (including phenoxy) is 4. The summed E-state index contributed by atoms with van der Waals surface area (Å²) in [7, 11) is 1.25. The van der Waals surface area contributed by atoms with E-state index in [-0.39, 0.29) is 23.3 Å². The molecule has 172 valence electrons. The molecule has 1 atom stereocenters. The summed E-state index contributed by atoms with van der Waals surface area (Å²) in [6.07, 6.45) is -0.456. The van der Waals surface area contributed by atoms with Crippen LogP contribution in [0.3, 0.4) is 0 Å². The zero-order valence-electron chi connectivity index (χ0n) is 18.5. The molecular weight excluding hydrogens is 418 g/mol. The van der Waals surface area contributed by atoms with Crippen molar-refractivity contribution in [3.63, 3.8) is 0 Å². The van der Waals surface area contributed by atoms with E-state index in [9.17, 15) is 14.9 Å². The molecule has 0 amide bonds. The minimum atomic E-state index is -1.23. The second kappa shape index (κ2) is 21.1. The molecule has 0 saturated heterocycles. The molecule has 0 bridgehead atoms. The molecule has 0 aromatic heterocycles. The number of aliphatic hydroxyl groups is 1. The fourth-order valence-electron chi connectivity index (χ4n) is 1.20. The highest BCUT2D eigenvalue weighted by atomic mass is 35.5. The van der Waals surface area contributed by atoms with Crippen molar-refractivity contribution >= 4 is 23.4 Å². The highest BCUT2D eigenvalue weighted by Crippen LogP contribution is 2.17. The van der Waals surface area contributed by atoms with E-state index in [1.54, 1.807) is 0 Å². The van der Waals surface area contributed by atoms with Crippen LogP contribution in [0.15, 0.2) is 47.9 Å². The van der Waals surface area contributed by atoms with E-state index in [1.165, 1.54) is 31.4 Å². The molecule has 1 unspecified atom stereocenters. The fourth-order valence-corrected chi connectivity index (χ4v) is 1.32. The standard InChI is InChI=1S/C10H11NO7.C6H9ClO.2C2H6/c1-16-9(12)6-17-10(13)18-8-4-2-7(3-5-8)11(14)15;1-4-5(2)8-6(3)7;2*1-2/h2-5,9,12H,6H2,1H3;4H,3H2,1-2H3;2*1-2H3/b;5-4+;;. The molecule has 30 heavy (non-hydrogen) atoms. The van der Waals surface area contributed by atoms with Gasteiger partial charge in [-0.05, 0) is 50.2 Å². The smallest absolute Gasteiger partial charge is 0.451 e. The Labute approximate surface area is 183 Å². The molecule has 1 rings (SSSR count).